The lowest BCUT2D eigenvalue weighted by Crippen LogP contribution is -2.48. The van der Waals surface area contributed by atoms with Gasteiger partial charge in [-0.05, 0) is 25.0 Å². The molecule has 0 unspecified atom stereocenters. The summed E-state index contributed by atoms with van der Waals surface area (Å²) in [5, 5.41) is 5.01. The third-order valence-electron chi connectivity index (χ3n) is 4.74. The maximum Gasteiger partial charge on any atom is 0.325 e. The number of hydrogen-bond acceptors (Lipinski definition) is 3. The largest absolute Gasteiger partial charge is 0.325 e. The van der Waals surface area contributed by atoms with Crippen molar-refractivity contribution in [1.29, 1.82) is 0 Å². The SMILES string of the molecule is O=C(CCN1C(=O)NC2(CCCCC2)C1=O)Nc1cccc(F)c1F. The number of hydrogen-bond donors (Lipinski definition) is 2. The number of nitrogens with one attached hydrogen (secondary N) is 2. The molecule has 3 rings (SSSR count). The molecule has 1 aromatic rings. The Labute approximate surface area is 143 Å². The van der Waals surface area contributed by atoms with E-state index in [1.54, 1.807) is 0 Å². The van der Waals surface area contributed by atoms with Gasteiger partial charge in [0, 0.05) is 13.0 Å². The first-order valence-corrected chi connectivity index (χ1v) is 8.31. The van der Waals surface area contributed by atoms with Crippen molar-refractivity contribution >= 4 is 23.5 Å². The van der Waals surface area contributed by atoms with Crippen LogP contribution in [-0.2, 0) is 9.59 Å². The van der Waals surface area contributed by atoms with Crippen LogP contribution in [0.4, 0.5) is 19.3 Å². The molecule has 1 aliphatic heterocycles. The summed E-state index contributed by atoms with van der Waals surface area (Å²) >= 11 is 0. The topological polar surface area (TPSA) is 78.5 Å². The number of amides is 4. The van der Waals surface area contributed by atoms with E-state index in [0.717, 1.165) is 30.2 Å². The van der Waals surface area contributed by atoms with Crippen molar-refractivity contribution in [3.05, 3.63) is 29.8 Å². The second-order valence-corrected chi connectivity index (χ2v) is 6.43. The molecule has 2 N–H and O–H groups in total. The first-order valence-electron chi connectivity index (χ1n) is 8.31. The molecule has 1 aromatic carbocycles. The molecule has 8 heteroatoms. The first-order chi connectivity index (χ1) is 11.9. The summed E-state index contributed by atoms with van der Waals surface area (Å²) in [6.07, 6.45) is 3.81. The predicted molar refractivity (Wildman–Crippen MR) is 85.7 cm³/mol. The summed E-state index contributed by atoms with van der Waals surface area (Å²) < 4.78 is 26.7. The molecule has 2 aliphatic rings. The monoisotopic (exact) mass is 351 g/mol. The minimum atomic E-state index is -1.15. The second-order valence-electron chi connectivity index (χ2n) is 6.43. The first kappa shape index (κ1) is 17.3. The number of benzene rings is 1. The number of carbonyl (C=O) groups excluding carboxylic acids is 3. The van der Waals surface area contributed by atoms with Gasteiger partial charge in [-0.3, -0.25) is 14.5 Å². The van der Waals surface area contributed by atoms with Crippen LogP contribution in [0, 0.1) is 11.6 Å². The molecular weight excluding hydrogens is 332 g/mol. The lowest BCUT2D eigenvalue weighted by Gasteiger charge is -2.30. The molecule has 134 valence electrons. The zero-order valence-corrected chi connectivity index (χ0v) is 13.6. The molecule has 1 saturated carbocycles. The van der Waals surface area contributed by atoms with Gasteiger partial charge in [-0.2, -0.15) is 0 Å². The Bertz CT molecular complexity index is 717. The van der Waals surface area contributed by atoms with Crippen LogP contribution in [-0.4, -0.2) is 34.8 Å². The van der Waals surface area contributed by atoms with Gasteiger partial charge in [-0.25, -0.2) is 13.6 Å². The summed E-state index contributed by atoms with van der Waals surface area (Å²) in [6, 6.07) is 2.96. The standard InChI is InChI=1S/C17H19F2N3O3/c18-11-5-4-6-12(14(11)19)20-13(23)7-10-22-15(24)17(21-16(22)25)8-2-1-3-9-17/h4-6H,1-3,7-10H2,(H,20,23)(H,21,25). The van der Waals surface area contributed by atoms with E-state index in [9.17, 15) is 23.2 Å². The number of anilines is 1. The number of rotatable bonds is 4. The smallest absolute Gasteiger partial charge is 0.323 e. The van der Waals surface area contributed by atoms with Crippen LogP contribution in [0.2, 0.25) is 0 Å². The van der Waals surface area contributed by atoms with Crippen molar-refractivity contribution in [3.63, 3.8) is 0 Å². The molecule has 0 aromatic heterocycles. The quantitative estimate of drug-likeness (QED) is 0.819. The molecule has 1 aliphatic carbocycles. The fraction of sp³-hybridized carbons (Fsp3) is 0.471. The molecule has 6 nitrogen and oxygen atoms in total. The summed E-state index contributed by atoms with van der Waals surface area (Å²) in [5.74, 6) is -3.12. The number of carbonyl (C=O) groups is 3. The minimum absolute atomic E-state index is 0.102. The zero-order chi connectivity index (χ0) is 18.0. The van der Waals surface area contributed by atoms with Gasteiger partial charge in [0.25, 0.3) is 5.91 Å². The Morgan fingerprint density at radius 2 is 1.92 bits per heavy atom. The average Bonchev–Trinajstić information content (AvgIpc) is 2.81. The van der Waals surface area contributed by atoms with Crippen molar-refractivity contribution in [1.82, 2.24) is 10.2 Å². The van der Waals surface area contributed by atoms with E-state index in [1.807, 2.05) is 0 Å². The van der Waals surface area contributed by atoms with Crippen molar-refractivity contribution in [2.75, 3.05) is 11.9 Å². The predicted octanol–water partition coefficient (Wildman–Crippen LogP) is 2.55. The fourth-order valence-electron chi connectivity index (χ4n) is 3.40. The Morgan fingerprint density at radius 1 is 1.20 bits per heavy atom. The fourth-order valence-corrected chi connectivity index (χ4v) is 3.40. The van der Waals surface area contributed by atoms with E-state index in [2.05, 4.69) is 10.6 Å². The molecule has 0 radical (unpaired) electrons. The Morgan fingerprint density at radius 3 is 2.64 bits per heavy atom. The molecule has 4 amide bonds. The van der Waals surface area contributed by atoms with E-state index in [1.165, 1.54) is 12.1 Å². The lowest BCUT2D eigenvalue weighted by molar-refractivity contribution is -0.132. The van der Waals surface area contributed by atoms with Gasteiger partial charge in [0.1, 0.15) is 5.54 Å². The number of urea groups is 1. The van der Waals surface area contributed by atoms with Crippen LogP contribution in [0.1, 0.15) is 38.5 Å². The second kappa shape index (κ2) is 6.78. The van der Waals surface area contributed by atoms with Crippen molar-refractivity contribution in [2.45, 2.75) is 44.1 Å². The maximum absolute atomic E-state index is 13.5. The van der Waals surface area contributed by atoms with Gasteiger partial charge < -0.3 is 10.6 Å². The maximum atomic E-state index is 13.5. The molecule has 1 spiro atoms. The van der Waals surface area contributed by atoms with E-state index in [-0.39, 0.29) is 24.6 Å². The van der Waals surface area contributed by atoms with Crippen LogP contribution in [0.3, 0.4) is 0 Å². The van der Waals surface area contributed by atoms with Gasteiger partial charge >= 0.3 is 6.03 Å². The Balaban J connectivity index is 1.59. The summed E-state index contributed by atoms with van der Waals surface area (Å²) in [7, 11) is 0. The van der Waals surface area contributed by atoms with Crippen LogP contribution in [0.25, 0.3) is 0 Å². The third kappa shape index (κ3) is 3.33. The van der Waals surface area contributed by atoms with Gasteiger partial charge in [-0.15, -0.1) is 0 Å². The Kier molecular flexibility index (Phi) is 4.69. The van der Waals surface area contributed by atoms with Crippen LogP contribution >= 0.6 is 0 Å². The van der Waals surface area contributed by atoms with E-state index < -0.39 is 29.1 Å². The highest BCUT2D eigenvalue weighted by Crippen LogP contribution is 2.33. The van der Waals surface area contributed by atoms with Crippen LogP contribution in [0.15, 0.2) is 18.2 Å². The molecule has 1 heterocycles. The highest BCUT2D eigenvalue weighted by Gasteiger charge is 2.51. The van der Waals surface area contributed by atoms with Crippen molar-refractivity contribution in [2.24, 2.45) is 0 Å². The van der Waals surface area contributed by atoms with Crippen LogP contribution < -0.4 is 10.6 Å². The van der Waals surface area contributed by atoms with Crippen molar-refractivity contribution < 1.29 is 23.2 Å². The Hall–Kier alpha value is -2.51. The third-order valence-corrected chi connectivity index (χ3v) is 4.74. The highest BCUT2D eigenvalue weighted by atomic mass is 19.2. The highest BCUT2D eigenvalue weighted by molar-refractivity contribution is 6.07. The molecule has 2 fully saturated rings. The number of halogens is 2. The minimum Gasteiger partial charge on any atom is -0.323 e. The molecule has 25 heavy (non-hydrogen) atoms. The van der Waals surface area contributed by atoms with E-state index in [0.29, 0.717) is 12.8 Å². The van der Waals surface area contributed by atoms with Crippen LogP contribution in [0.5, 0.6) is 0 Å². The lowest BCUT2D eigenvalue weighted by atomic mass is 9.82. The van der Waals surface area contributed by atoms with E-state index in [4.69, 9.17) is 0 Å². The van der Waals surface area contributed by atoms with Gasteiger partial charge in [0.15, 0.2) is 11.6 Å². The zero-order valence-electron chi connectivity index (χ0n) is 13.6. The molecule has 0 atom stereocenters. The summed E-state index contributed by atoms with van der Waals surface area (Å²) in [4.78, 5) is 37.6. The summed E-state index contributed by atoms with van der Waals surface area (Å²) in [5.41, 5.74) is -1.11. The van der Waals surface area contributed by atoms with Gasteiger partial charge in [-0.1, -0.05) is 25.3 Å². The van der Waals surface area contributed by atoms with Crippen molar-refractivity contribution in [3.8, 4) is 0 Å². The molecular formula is C17H19F2N3O3. The summed E-state index contributed by atoms with van der Waals surface area (Å²) in [6.45, 7) is -0.102. The van der Waals surface area contributed by atoms with Gasteiger partial charge in [0.2, 0.25) is 5.91 Å². The van der Waals surface area contributed by atoms with E-state index >= 15 is 0 Å². The number of imide groups is 1. The molecule has 0 bridgehead atoms. The van der Waals surface area contributed by atoms with Gasteiger partial charge in [0.05, 0.1) is 5.69 Å². The molecule has 1 saturated heterocycles. The normalized spacial score (nSPS) is 19.2. The number of nitrogens with zero attached hydrogens (tertiary/aromatic N) is 1. The average molecular weight is 351 g/mol.